The Labute approximate surface area is 118 Å². The van der Waals surface area contributed by atoms with Crippen LogP contribution in [0.5, 0.6) is 0 Å². The minimum Gasteiger partial charge on any atom is -0.389 e. The number of aromatic nitrogens is 2. The van der Waals surface area contributed by atoms with Crippen molar-refractivity contribution in [2.75, 3.05) is 13.1 Å². The highest BCUT2D eigenvalue weighted by Crippen LogP contribution is 2.25. The van der Waals surface area contributed by atoms with Crippen LogP contribution in [0.25, 0.3) is 11.0 Å². The number of aliphatic hydroxyl groups is 1. The van der Waals surface area contributed by atoms with Crippen LogP contribution in [-0.2, 0) is 10.0 Å². The Hall–Kier alpha value is -1.44. The summed E-state index contributed by atoms with van der Waals surface area (Å²) in [7, 11) is -3.67. The summed E-state index contributed by atoms with van der Waals surface area (Å²) in [6.45, 7) is 5.25. The van der Waals surface area contributed by atoms with Gasteiger partial charge in [-0.25, -0.2) is 13.4 Å². The summed E-state index contributed by atoms with van der Waals surface area (Å²) in [5, 5.41) is 10.4. The van der Waals surface area contributed by atoms with Crippen molar-refractivity contribution in [3.05, 3.63) is 24.5 Å². The molecule has 0 fully saturated rings. The number of sulfonamides is 1. The lowest BCUT2D eigenvalue weighted by Gasteiger charge is -2.27. The van der Waals surface area contributed by atoms with E-state index in [0.29, 0.717) is 17.6 Å². The molecule has 0 aromatic carbocycles. The lowest BCUT2D eigenvalue weighted by molar-refractivity contribution is 0.0601. The zero-order valence-electron chi connectivity index (χ0n) is 11.8. The first-order valence-electron chi connectivity index (χ1n) is 6.40. The van der Waals surface area contributed by atoms with Gasteiger partial charge in [0.25, 0.3) is 0 Å². The summed E-state index contributed by atoms with van der Waals surface area (Å²) >= 11 is 0. The first-order valence-corrected chi connectivity index (χ1v) is 7.84. The maximum absolute atomic E-state index is 12.7. The van der Waals surface area contributed by atoms with Crippen molar-refractivity contribution < 1.29 is 13.5 Å². The number of rotatable bonds is 5. The first-order chi connectivity index (χ1) is 9.25. The Morgan fingerprint density at radius 1 is 1.45 bits per heavy atom. The van der Waals surface area contributed by atoms with Gasteiger partial charge in [0, 0.05) is 30.9 Å². The van der Waals surface area contributed by atoms with Crippen LogP contribution < -0.4 is 0 Å². The molecule has 0 bridgehead atoms. The molecule has 0 amide bonds. The Kier molecular flexibility index (Phi) is 3.86. The minimum absolute atomic E-state index is 0.0404. The number of aromatic amines is 1. The fourth-order valence-electron chi connectivity index (χ4n) is 2.08. The fraction of sp³-hybridized carbons (Fsp3) is 0.462. The van der Waals surface area contributed by atoms with E-state index in [2.05, 4.69) is 9.97 Å². The first kappa shape index (κ1) is 15.0. The summed E-state index contributed by atoms with van der Waals surface area (Å²) in [6, 6.07) is 3.41. The van der Waals surface area contributed by atoms with Crippen molar-refractivity contribution >= 4 is 21.1 Å². The van der Waals surface area contributed by atoms with Gasteiger partial charge < -0.3 is 10.1 Å². The quantitative estimate of drug-likeness (QED) is 0.872. The number of H-pyrrole nitrogens is 1. The minimum atomic E-state index is -3.67. The molecule has 0 atom stereocenters. The molecule has 0 unspecified atom stereocenters. The van der Waals surface area contributed by atoms with Gasteiger partial charge in [0.05, 0.1) is 5.60 Å². The molecule has 110 valence electrons. The summed E-state index contributed by atoms with van der Waals surface area (Å²) in [4.78, 5) is 7.13. The lowest BCUT2D eigenvalue weighted by atomic mass is 10.1. The second kappa shape index (κ2) is 5.16. The molecule has 0 radical (unpaired) electrons. The van der Waals surface area contributed by atoms with E-state index in [0.717, 1.165) is 0 Å². The monoisotopic (exact) mass is 297 g/mol. The van der Waals surface area contributed by atoms with E-state index in [1.807, 2.05) is 0 Å². The van der Waals surface area contributed by atoms with Crippen LogP contribution in [0.2, 0.25) is 0 Å². The van der Waals surface area contributed by atoms with Crippen molar-refractivity contribution in [1.29, 1.82) is 0 Å². The van der Waals surface area contributed by atoms with Gasteiger partial charge in [0.15, 0.2) is 0 Å². The highest BCUT2D eigenvalue weighted by molar-refractivity contribution is 7.89. The van der Waals surface area contributed by atoms with Gasteiger partial charge in [0.1, 0.15) is 10.5 Å². The summed E-state index contributed by atoms with van der Waals surface area (Å²) in [6.07, 6.45) is 3.05. The van der Waals surface area contributed by atoms with E-state index in [1.54, 1.807) is 39.1 Å². The summed E-state index contributed by atoms with van der Waals surface area (Å²) in [5.41, 5.74) is -0.557. The molecule has 7 heteroatoms. The van der Waals surface area contributed by atoms with Crippen LogP contribution in [0.4, 0.5) is 0 Å². The predicted molar refractivity (Wildman–Crippen MR) is 76.8 cm³/mol. The number of pyridine rings is 1. The molecule has 0 saturated carbocycles. The Morgan fingerprint density at radius 2 is 2.15 bits per heavy atom. The Bertz CT molecular complexity index is 701. The molecule has 2 heterocycles. The number of hydrogen-bond acceptors (Lipinski definition) is 4. The van der Waals surface area contributed by atoms with E-state index in [-0.39, 0.29) is 11.4 Å². The maximum Gasteiger partial charge on any atom is 0.245 e. The SMILES string of the molecule is CCN(CC(C)(C)O)S(=O)(=O)c1c[nH]c2ncccc12. The van der Waals surface area contributed by atoms with Crippen molar-refractivity contribution in [2.45, 2.75) is 31.3 Å². The number of likely N-dealkylation sites (N-methyl/N-ethyl adjacent to an activating group) is 1. The van der Waals surface area contributed by atoms with Gasteiger partial charge in [-0.3, -0.25) is 0 Å². The molecule has 2 rings (SSSR count). The Balaban J connectivity index is 2.48. The van der Waals surface area contributed by atoms with Crippen molar-refractivity contribution in [3.63, 3.8) is 0 Å². The smallest absolute Gasteiger partial charge is 0.245 e. The van der Waals surface area contributed by atoms with Crippen molar-refractivity contribution in [3.8, 4) is 0 Å². The number of hydrogen-bond donors (Lipinski definition) is 2. The van der Waals surface area contributed by atoms with Gasteiger partial charge in [-0.05, 0) is 26.0 Å². The molecular weight excluding hydrogens is 278 g/mol. The lowest BCUT2D eigenvalue weighted by Crippen LogP contribution is -2.42. The van der Waals surface area contributed by atoms with Crippen LogP contribution in [0.1, 0.15) is 20.8 Å². The largest absolute Gasteiger partial charge is 0.389 e. The number of fused-ring (bicyclic) bond motifs is 1. The van der Waals surface area contributed by atoms with Gasteiger partial charge in [-0.1, -0.05) is 6.92 Å². The summed E-state index contributed by atoms with van der Waals surface area (Å²) < 4.78 is 26.6. The molecule has 0 saturated heterocycles. The normalized spacial score (nSPS) is 13.2. The third kappa shape index (κ3) is 2.84. The topological polar surface area (TPSA) is 86.3 Å². The number of nitrogens with zero attached hydrogens (tertiary/aromatic N) is 2. The maximum atomic E-state index is 12.7. The molecule has 2 aromatic rings. The molecular formula is C13H19N3O3S. The molecule has 2 N–H and O–H groups in total. The third-order valence-corrected chi connectivity index (χ3v) is 4.91. The van der Waals surface area contributed by atoms with Gasteiger partial charge >= 0.3 is 0 Å². The van der Waals surface area contributed by atoms with E-state index < -0.39 is 15.6 Å². The molecule has 0 spiro atoms. The van der Waals surface area contributed by atoms with Gasteiger partial charge in [0.2, 0.25) is 10.0 Å². The van der Waals surface area contributed by atoms with E-state index >= 15 is 0 Å². The predicted octanol–water partition coefficient (Wildman–Crippen LogP) is 1.34. The molecule has 6 nitrogen and oxygen atoms in total. The zero-order chi connectivity index (χ0) is 15.0. The summed E-state index contributed by atoms with van der Waals surface area (Å²) in [5.74, 6) is 0. The average Bonchev–Trinajstić information content (AvgIpc) is 2.79. The van der Waals surface area contributed by atoms with Crippen LogP contribution in [0, 0.1) is 0 Å². The second-order valence-corrected chi connectivity index (χ2v) is 7.20. The highest BCUT2D eigenvalue weighted by Gasteiger charge is 2.30. The molecule has 0 aliphatic carbocycles. The van der Waals surface area contributed by atoms with Gasteiger partial charge in [-0.2, -0.15) is 4.31 Å². The average molecular weight is 297 g/mol. The number of nitrogens with one attached hydrogen (secondary N) is 1. The van der Waals surface area contributed by atoms with Crippen molar-refractivity contribution in [1.82, 2.24) is 14.3 Å². The standard InChI is InChI=1S/C13H19N3O3S/c1-4-16(9-13(2,3)17)20(18,19)11-8-15-12-10(11)6-5-7-14-12/h5-8,17H,4,9H2,1-3H3,(H,14,15). The van der Waals surface area contributed by atoms with E-state index in [1.165, 1.54) is 10.5 Å². The van der Waals surface area contributed by atoms with Crippen molar-refractivity contribution in [2.24, 2.45) is 0 Å². The third-order valence-electron chi connectivity index (χ3n) is 2.95. The van der Waals surface area contributed by atoms with Gasteiger partial charge in [-0.15, -0.1) is 0 Å². The molecule has 0 aliphatic rings. The van der Waals surface area contributed by atoms with E-state index in [9.17, 15) is 13.5 Å². The van der Waals surface area contributed by atoms with Crippen LogP contribution in [0.15, 0.2) is 29.4 Å². The van der Waals surface area contributed by atoms with Crippen LogP contribution in [-0.4, -0.2) is 46.5 Å². The zero-order valence-corrected chi connectivity index (χ0v) is 12.6. The van der Waals surface area contributed by atoms with E-state index in [4.69, 9.17) is 0 Å². The second-order valence-electron chi connectivity index (χ2n) is 5.30. The molecule has 20 heavy (non-hydrogen) atoms. The molecule has 0 aliphatic heterocycles. The highest BCUT2D eigenvalue weighted by atomic mass is 32.2. The Morgan fingerprint density at radius 3 is 2.75 bits per heavy atom. The van der Waals surface area contributed by atoms with Crippen LogP contribution in [0.3, 0.4) is 0 Å². The fourth-order valence-corrected chi connectivity index (χ4v) is 3.84. The molecule has 2 aromatic heterocycles. The van der Waals surface area contributed by atoms with Crippen LogP contribution >= 0.6 is 0 Å².